The van der Waals surface area contributed by atoms with Gasteiger partial charge in [-0.15, -0.1) is 0 Å². The second-order valence-corrected chi connectivity index (χ2v) is 3.73. The van der Waals surface area contributed by atoms with E-state index in [4.69, 9.17) is 4.74 Å². The Morgan fingerprint density at radius 1 is 1.47 bits per heavy atom. The van der Waals surface area contributed by atoms with Crippen LogP contribution in [-0.2, 0) is 16.0 Å². The molecule has 15 heavy (non-hydrogen) atoms. The van der Waals surface area contributed by atoms with Crippen LogP contribution < -0.4 is 0 Å². The third-order valence-corrected chi connectivity index (χ3v) is 2.55. The van der Waals surface area contributed by atoms with E-state index in [1.165, 1.54) is 16.8 Å². The largest absolute Gasteiger partial charge is 0.466 e. The maximum Gasteiger partial charge on any atom is 0.305 e. The van der Waals surface area contributed by atoms with Crippen LogP contribution in [0.4, 0.5) is 0 Å². The van der Waals surface area contributed by atoms with Crippen molar-refractivity contribution in [1.82, 2.24) is 4.98 Å². The van der Waals surface area contributed by atoms with Crippen LogP contribution in [0.3, 0.4) is 0 Å². The lowest BCUT2D eigenvalue weighted by Gasteiger charge is -2.03. The summed E-state index contributed by atoms with van der Waals surface area (Å²) in [6, 6.07) is 0. The Hall–Kier alpha value is -1.25. The van der Waals surface area contributed by atoms with Gasteiger partial charge < -0.3 is 9.72 Å². The molecule has 0 aromatic carbocycles. The first-order valence-electron chi connectivity index (χ1n) is 5.44. The monoisotopic (exact) mass is 209 g/mol. The zero-order chi connectivity index (χ0) is 11.3. The van der Waals surface area contributed by atoms with E-state index in [-0.39, 0.29) is 5.97 Å². The average molecular weight is 209 g/mol. The summed E-state index contributed by atoms with van der Waals surface area (Å²) in [5.41, 5.74) is 3.81. The van der Waals surface area contributed by atoms with Crippen LogP contribution >= 0.6 is 0 Å². The lowest BCUT2D eigenvalue weighted by Crippen LogP contribution is -2.04. The Morgan fingerprint density at radius 2 is 2.20 bits per heavy atom. The van der Waals surface area contributed by atoms with Gasteiger partial charge in [-0.05, 0) is 44.7 Å². The number of ether oxygens (including phenoxy) is 1. The number of carbonyl (C=O) groups excluding carboxylic acids is 1. The van der Waals surface area contributed by atoms with Gasteiger partial charge in [-0.2, -0.15) is 0 Å². The maximum absolute atomic E-state index is 11.1. The van der Waals surface area contributed by atoms with Crippen molar-refractivity contribution in [2.75, 3.05) is 6.61 Å². The number of rotatable bonds is 5. The average Bonchev–Trinajstić information content (AvgIpc) is 2.49. The van der Waals surface area contributed by atoms with Gasteiger partial charge in [0, 0.05) is 18.3 Å². The molecule has 0 bridgehead atoms. The third-order valence-electron chi connectivity index (χ3n) is 2.55. The van der Waals surface area contributed by atoms with E-state index >= 15 is 0 Å². The van der Waals surface area contributed by atoms with Gasteiger partial charge in [0.2, 0.25) is 0 Å². The summed E-state index contributed by atoms with van der Waals surface area (Å²) in [5.74, 6) is -0.0941. The van der Waals surface area contributed by atoms with Crippen molar-refractivity contribution in [1.29, 1.82) is 0 Å². The second kappa shape index (κ2) is 5.59. The first kappa shape index (κ1) is 11.8. The zero-order valence-electron chi connectivity index (χ0n) is 9.72. The van der Waals surface area contributed by atoms with Crippen LogP contribution in [0.15, 0.2) is 6.20 Å². The van der Waals surface area contributed by atoms with Gasteiger partial charge in [-0.1, -0.05) is 0 Å². The summed E-state index contributed by atoms with van der Waals surface area (Å²) >= 11 is 0. The van der Waals surface area contributed by atoms with Gasteiger partial charge in [0.25, 0.3) is 0 Å². The minimum Gasteiger partial charge on any atom is -0.466 e. The molecule has 84 valence electrons. The van der Waals surface area contributed by atoms with Crippen LogP contribution in [-0.4, -0.2) is 17.6 Å². The number of hydrogen-bond acceptors (Lipinski definition) is 2. The van der Waals surface area contributed by atoms with Crippen LogP contribution in [0.5, 0.6) is 0 Å². The zero-order valence-corrected chi connectivity index (χ0v) is 9.72. The van der Waals surface area contributed by atoms with E-state index in [9.17, 15) is 4.79 Å². The second-order valence-electron chi connectivity index (χ2n) is 3.73. The molecule has 3 heteroatoms. The van der Waals surface area contributed by atoms with Crippen molar-refractivity contribution < 1.29 is 9.53 Å². The summed E-state index contributed by atoms with van der Waals surface area (Å²) in [6.07, 6.45) is 4.32. The maximum atomic E-state index is 11.1. The topological polar surface area (TPSA) is 42.1 Å². The van der Waals surface area contributed by atoms with Crippen molar-refractivity contribution in [3.8, 4) is 0 Å². The molecular weight excluding hydrogens is 190 g/mol. The van der Waals surface area contributed by atoms with Crippen molar-refractivity contribution in [3.05, 3.63) is 23.0 Å². The van der Waals surface area contributed by atoms with Crippen molar-refractivity contribution in [3.63, 3.8) is 0 Å². The minimum atomic E-state index is -0.0941. The van der Waals surface area contributed by atoms with Crippen molar-refractivity contribution >= 4 is 5.97 Å². The number of aryl methyl sites for hydroxylation is 2. The van der Waals surface area contributed by atoms with Gasteiger partial charge in [0.15, 0.2) is 0 Å². The molecule has 0 saturated carbocycles. The van der Waals surface area contributed by atoms with Crippen LogP contribution in [0.1, 0.15) is 36.6 Å². The molecule has 0 aliphatic heterocycles. The quantitative estimate of drug-likeness (QED) is 0.757. The number of hydrogen-bond donors (Lipinski definition) is 1. The molecule has 0 unspecified atom stereocenters. The van der Waals surface area contributed by atoms with Crippen molar-refractivity contribution in [2.45, 2.75) is 40.0 Å². The summed E-state index contributed by atoms with van der Waals surface area (Å²) in [5, 5.41) is 0. The summed E-state index contributed by atoms with van der Waals surface area (Å²) < 4.78 is 4.88. The van der Waals surface area contributed by atoms with E-state index in [1.807, 2.05) is 13.1 Å². The molecule has 1 N–H and O–H groups in total. The van der Waals surface area contributed by atoms with E-state index in [2.05, 4.69) is 18.8 Å². The number of esters is 1. The van der Waals surface area contributed by atoms with Crippen LogP contribution in [0.25, 0.3) is 0 Å². The Morgan fingerprint density at radius 3 is 2.73 bits per heavy atom. The molecule has 3 nitrogen and oxygen atoms in total. The Kier molecular flexibility index (Phi) is 4.40. The van der Waals surface area contributed by atoms with E-state index in [0.717, 1.165) is 12.8 Å². The summed E-state index contributed by atoms with van der Waals surface area (Å²) in [6.45, 7) is 6.45. The normalized spacial score (nSPS) is 10.3. The Labute approximate surface area is 90.8 Å². The van der Waals surface area contributed by atoms with Gasteiger partial charge in [0.1, 0.15) is 0 Å². The molecule has 1 heterocycles. The fourth-order valence-electron chi connectivity index (χ4n) is 1.71. The molecule has 1 aromatic heterocycles. The first-order chi connectivity index (χ1) is 7.15. The number of H-pyrrole nitrogens is 1. The first-order valence-corrected chi connectivity index (χ1v) is 5.44. The molecule has 0 spiro atoms. The summed E-state index contributed by atoms with van der Waals surface area (Å²) in [4.78, 5) is 14.3. The highest BCUT2D eigenvalue weighted by Gasteiger charge is 2.06. The van der Waals surface area contributed by atoms with Crippen LogP contribution in [0.2, 0.25) is 0 Å². The van der Waals surface area contributed by atoms with E-state index < -0.39 is 0 Å². The molecule has 0 fully saturated rings. The Bertz CT molecular complexity index is 309. The van der Waals surface area contributed by atoms with Gasteiger partial charge in [-0.25, -0.2) is 0 Å². The highest BCUT2D eigenvalue weighted by atomic mass is 16.5. The molecule has 0 radical (unpaired) electrons. The smallest absolute Gasteiger partial charge is 0.305 e. The van der Waals surface area contributed by atoms with Crippen LogP contribution in [0, 0.1) is 13.8 Å². The van der Waals surface area contributed by atoms with E-state index in [0.29, 0.717) is 13.0 Å². The third kappa shape index (κ3) is 3.42. The highest BCUT2D eigenvalue weighted by Crippen LogP contribution is 2.15. The van der Waals surface area contributed by atoms with Gasteiger partial charge in [0.05, 0.1) is 6.61 Å². The lowest BCUT2D eigenvalue weighted by atomic mass is 10.1. The van der Waals surface area contributed by atoms with E-state index in [1.54, 1.807) is 0 Å². The minimum absolute atomic E-state index is 0.0941. The Balaban J connectivity index is 2.35. The molecule has 0 aliphatic rings. The molecule has 0 atom stereocenters. The fraction of sp³-hybridized carbons (Fsp3) is 0.583. The number of nitrogens with one attached hydrogen (secondary N) is 1. The SMILES string of the molecule is CCOC(=O)CCCc1c(C)c[nH]c1C. The summed E-state index contributed by atoms with van der Waals surface area (Å²) in [7, 11) is 0. The standard InChI is InChI=1S/C12H19NO2/c1-4-15-12(14)7-5-6-11-9(2)8-13-10(11)3/h8,13H,4-7H2,1-3H3. The predicted molar refractivity (Wildman–Crippen MR) is 59.8 cm³/mol. The predicted octanol–water partition coefficient (Wildman–Crippen LogP) is 2.52. The number of aromatic amines is 1. The van der Waals surface area contributed by atoms with Gasteiger partial charge >= 0.3 is 5.97 Å². The highest BCUT2D eigenvalue weighted by molar-refractivity contribution is 5.69. The number of carbonyl (C=O) groups is 1. The molecule has 1 aromatic rings. The lowest BCUT2D eigenvalue weighted by molar-refractivity contribution is -0.143. The fourth-order valence-corrected chi connectivity index (χ4v) is 1.71. The molecule has 1 rings (SSSR count). The molecule has 0 aliphatic carbocycles. The number of aromatic nitrogens is 1. The molecular formula is C12H19NO2. The van der Waals surface area contributed by atoms with Gasteiger partial charge in [-0.3, -0.25) is 4.79 Å². The molecule has 0 amide bonds. The molecule has 0 saturated heterocycles. The van der Waals surface area contributed by atoms with Crippen molar-refractivity contribution in [2.24, 2.45) is 0 Å².